The largest absolute Gasteiger partial charge is 0.452 e. The average molecular weight is 374 g/mol. The topological polar surface area (TPSA) is 52.6 Å². The molecule has 1 aliphatic carbocycles. The molecule has 4 nitrogen and oxygen atoms in total. The van der Waals surface area contributed by atoms with Gasteiger partial charge < -0.3 is 9.47 Å². The minimum Gasteiger partial charge on any atom is -0.452 e. The standard InChI is InChI=1S/C24H22O4/c25-23-20-15-14-19(27-24(26)18-11-5-2-6-12-18)16-22(20)28-21(23)13-7-10-17-8-3-1-4-9-17/h1,3-4,7-10,13-16,18H,2,5-6,11-12H2/b10-7+,21-13-. The normalized spacial score (nSPS) is 18.3. The van der Waals surface area contributed by atoms with Crippen LogP contribution in [0.5, 0.6) is 11.5 Å². The van der Waals surface area contributed by atoms with Crippen molar-refractivity contribution in [3.8, 4) is 11.5 Å². The van der Waals surface area contributed by atoms with Crippen molar-refractivity contribution in [2.75, 3.05) is 0 Å². The van der Waals surface area contributed by atoms with Crippen LogP contribution in [0.1, 0.15) is 48.0 Å². The summed E-state index contributed by atoms with van der Waals surface area (Å²) < 4.78 is 11.2. The monoisotopic (exact) mass is 374 g/mol. The Labute approximate surface area is 164 Å². The summed E-state index contributed by atoms with van der Waals surface area (Å²) in [6.45, 7) is 0. The molecule has 1 aliphatic heterocycles. The molecule has 0 bridgehead atoms. The molecule has 0 N–H and O–H groups in total. The third-order valence-electron chi connectivity index (χ3n) is 5.13. The van der Waals surface area contributed by atoms with E-state index in [2.05, 4.69) is 0 Å². The number of carbonyl (C=O) groups is 2. The van der Waals surface area contributed by atoms with Crippen LogP contribution in [0.2, 0.25) is 0 Å². The van der Waals surface area contributed by atoms with Gasteiger partial charge in [-0.15, -0.1) is 0 Å². The van der Waals surface area contributed by atoms with E-state index in [1.54, 1.807) is 30.4 Å². The molecule has 0 atom stereocenters. The van der Waals surface area contributed by atoms with Gasteiger partial charge in [0, 0.05) is 6.07 Å². The summed E-state index contributed by atoms with van der Waals surface area (Å²) in [6.07, 6.45) is 10.5. The molecular weight excluding hydrogens is 352 g/mol. The molecule has 4 heteroatoms. The maximum absolute atomic E-state index is 12.5. The van der Waals surface area contributed by atoms with E-state index in [-0.39, 0.29) is 23.4 Å². The predicted octanol–water partition coefficient (Wildman–Crippen LogP) is 5.34. The highest BCUT2D eigenvalue weighted by atomic mass is 16.5. The Hall–Kier alpha value is -3.14. The number of ketones is 1. The minimum absolute atomic E-state index is 0.0249. The second-order valence-electron chi connectivity index (χ2n) is 7.15. The van der Waals surface area contributed by atoms with Gasteiger partial charge in [0.25, 0.3) is 0 Å². The number of ether oxygens (including phenoxy) is 2. The molecule has 2 aromatic carbocycles. The highest BCUT2D eigenvalue weighted by Crippen LogP contribution is 2.35. The summed E-state index contributed by atoms with van der Waals surface area (Å²) in [5.74, 6) is 0.728. The molecule has 0 unspecified atom stereocenters. The maximum atomic E-state index is 12.5. The fraction of sp³-hybridized carbons (Fsp3) is 0.250. The highest BCUT2D eigenvalue weighted by molar-refractivity contribution is 6.12. The van der Waals surface area contributed by atoms with Crippen LogP contribution in [0.15, 0.2) is 66.4 Å². The summed E-state index contributed by atoms with van der Waals surface area (Å²) >= 11 is 0. The van der Waals surface area contributed by atoms with Crippen LogP contribution < -0.4 is 9.47 Å². The first-order chi connectivity index (χ1) is 13.7. The fourth-order valence-corrected chi connectivity index (χ4v) is 3.59. The van der Waals surface area contributed by atoms with E-state index in [0.29, 0.717) is 17.1 Å². The zero-order valence-electron chi connectivity index (χ0n) is 15.6. The number of esters is 1. The Balaban J connectivity index is 1.44. The van der Waals surface area contributed by atoms with Gasteiger partial charge in [0.2, 0.25) is 5.78 Å². The lowest BCUT2D eigenvalue weighted by atomic mass is 9.89. The van der Waals surface area contributed by atoms with E-state index >= 15 is 0 Å². The Bertz CT molecular complexity index is 934. The molecule has 142 valence electrons. The van der Waals surface area contributed by atoms with Crippen molar-refractivity contribution in [2.45, 2.75) is 32.1 Å². The summed E-state index contributed by atoms with van der Waals surface area (Å²) in [5.41, 5.74) is 1.52. The average Bonchev–Trinajstić information content (AvgIpc) is 3.04. The van der Waals surface area contributed by atoms with E-state index < -0.39 is 0 Å². The van der Waals surface area contributed by atoms with Gasteiger partial charge in [-0.3, -0.25) is 9.59 Å². The van der Waals surface area contributed by atoms with Crippen LogP contribution in [0, 0.1) is 5.92 Å². The Morgan fingerprint density at radius 1 is 1.04 bits per heavy atom. The molecule has 0 radical (unpaired) electrons. The first-order valence-corrected chi connectivity index (χ1v) is 9.72. The molecule has 0 saturated heterocycles. The highest BCUT2D eigenvalue weighted by Gasteiger charge is 2.28. The zero-order valence-corrected chi connectivity index (χ0v) is 15.6. The van der Waals surface area contributed by atoms with Gasteiger partial charge in [0.1, 0.15) is 11.5 Å². The third-order valence-corrected chi connectivity index (χ3v) is 5.13. The van der Waals surface area contributed by atoms with Gasteiger partial charge in [-0.05, 0) is 36.6 Å². The van der Waals surface area contributed by atoms with Crippen molar-refractivity contribution < 1.29 is 19.1 Å². The molecule has 2 aliphatic rings. The molecule has 28 heavy (non-hydrogen) atoms. The lowest BCUT2D eigenvalue weighted by Gasteiger charge is -2.19. The van der Waals surface area contributed by atoms with E-state index in [1.807, 2.05) is 36.4 Å². The number of fused-ring (bicyclic) bond motifs is 1. The molecule has 0 spiro atoms. The summed E-state index contributed by atoms with van der Waals surface area (Å²) in [6, 6.07) is 14.8. The third kappa shape index (κ3) is 4.06. The molecule has 1 saturated carbocycles. The van der Waals surface area contributed by atoms with Crippen LogP contribution in [0.4, 0.5) is 0 Å². The Morgan fingerprint density at radius 2 is 1.82 bits per heavy atom. The summed E-state index contributed by atoms with van der Waals surface area (Å²) in [5, 5.41) is 0. The van der Waals surface area contributed by atoms with E-state index in [1.165, 1.54) is 6.42 Å². The van der Waals surface area contributed by atoms with Crippen LogP contribution in [-0.2, 0) is 4.79 Å². The van der Waals surface area contributed by atoms with Gasteiger partial charge >= 0.3 is 5.97 Å². The lowest BCUT2D eigenvalue weighted by molar-refractivity contribution is -0.139. The fourth-order valence-electron chi connectivity index (χ4n) is 3.59. The van der Waals surface area contributed by atoms with Gasteiger partial charge in [-0.1, -0.05) is 61.7 Å². The van der Waals surface area contributed by atoms with Gasteiger partial charge in [-0.25, -0.2) is 0 Å². The Morgan fingerprint density at radius 3 is 2.61 bits per heavy atom. The number of allylic oxidation sites excluding steroid dienone is 3. The predicted molar refractivity (Wildman–Crippen MR) is 107 cm³/mol. The molecule has 0 amide bonds. The molecule has 2 aromatic rings. The lowest BCUT2D eigenvalue weighted by Crippen LogP contribution is -2.22. The molecular formula is C24H22O4. The van der Waals surface area contributed by atoms with Crippen molar-refractivity contribution in [1.29, 1.82) is 0 Å². The van der Waals surface area contributed by atoms with Crippen molar-refractivity contribution in [2.24, 2.45) is 5.92 Å². The smallest absolute Gasteiger partial charge is 0.314 e. The van der Waals surface area contributed by atoms with Gasteiger partial charge in [-0.2, -0.15) is 0 Å². The molecule has 1 heterocycles. The summed E-state index contributed by atoms with van der Waals surface area (Å²) in [4.78, 5) is 24.8. The number of benzene rings is 2. The van der Waals surface area contributed by atoms with Gasteiger partial charge in [0.15, 0.2) is 5.76 Å². The van der Waals surface area contributed by atoms with Crippen molar-refractivity contribution >= 4 is 17.8 Å². The van der Waals surface area contributed by atoms with E-state index in [9.17, 15) is 9.59 Å². The first-order valence-electron chi connectivity index (χ1n) is 9.72. The second kappa shape index (κ2) is 8.26. The van der Waals surface area contributed by atoms with Crippen molar-refractivity contribution in [3.05, 3.63) is 77.6 Å². The van der Waals surface area contributed by atoms with Crippen molar-refractivity contribution in [3.63, 3.8) is 0 Å². The molecule has 0 aromatic heterocycles. The summed E-state index contributed by atoms with van der Waals surface area (Å²) in [7, 11) is 0. The van der Waals surface area contributed by atoms with Crippen LogP contribution in [0.3, 0.4) is 0 Å². The molecule has 4 rings (SSSR count). The van der Waals surface area contributed by atoms with E-state index in [0.717, 1.165) is 31.2 Å². The zero-order chi connectivity index (χ0) is 19.3. The molecule has 1 fully saturated rings. The van der Waals surface area contributed by atoms with Crippen molar-refractivity contribution in [1.82, 2.24) is 0 Å². The van der Waals surface area contributed by atoms with Crippen LogP contribution in [-0.4, -0.2) is 11.8 Å². The number of hydrogen-bond acceptors (Lipinski definition) is 4. The van der Waals surface area contributed by atoms with E-state index in [4.69, 9.17) is 9.47 Å². The Kier molecular flexibility index (Phi) is 5.38. The maximum Gasteiger partial charge on any atom is 0.314 e. The number of Topliss-reactive ketones (excluding diaryl/α,β-unsaturated/α-hetero) is 1. The minimum atomic E-state index is -0.189. The van der Waals surface area contributed by atoms with Crippen LogP contribution >= 0.6 is 0 Å². The quantitative estimate of drug-likeness (QED) is 0.411. The second-order valence-corrected chi connectivity index (χ2v) is 7.15. The number of rotatable bonds is 4. The SMILES string of the molecule is O=C1/C(=C/C=C/c2ccccc2)Oc2cc(OC(=O)C3CCCCC3)ccc21. The number of carbonyl (C=O) groups excluding carboxylic acids is 2. The number of hydrogen-bond donors (Lipinski definition) is 0. The van der Waals surface area contributed by atoms with Crippen LogP contribution in [0.25, 0.3) is 6.08 Å². The van der Waals surface area contributed by atoms with Gasteiger partial charge in [0.05, 0.1) is 11.5 Å². The first kappa shape index (κ1) is 18.2.